The molecular formula is C25H30N2O2. The maximum Gasteiger partial charge on any atom is 0.0925 e. The van der Waals surface area contributed by atoms with Crippen LogP contribution in [0.1, 0.15) is 22.3 Å². The number of hydrogen-bond donors (Lipinski definition) is 2. The van der Waals surface area contributed by atoms with Gasteiger partial charge in [0.15, 0.2) is 0 Å². The van der Waals surface area contributed by atoms with Gasteiger partial charge in [-0.15, -0.1) is 0 Å². The van der Waals surface area contributed by atoms with E-state index in [2.05, 4.69) is 42.5 Å². The minimum absolute atomic E-state index is 0.533. The fourth-order valence-corrected chi connectivity index (χ4v) is 3.59. The summed E-state index contributed by atoms with van der Waals surface area (Å²) in [5.41, 5.74) is 16.3. The average Bonchev–Trinajstić information content (AvgIpc) is 2.79. The summed E-state index contributed by atoms with van der Waals surface area (Å²) >= 11 is 0. The molecule has 3 aromatic rings. The first kappa shape index (κ1) is 21.2. The molecule has 4 N–H and O–H groups in total. The van der Waals surface area contributed by atoms with Crippen molar-refractivity contribution in [3.8, 4) is 0 Å². The molecular weight excluding hydrogens is 360 g/mol. The van der Waals surface area contributed by atoms with Gasteiger partial charge >= 0.3 is 0 Å². The molecule has 0 radical (unpaired) electrons. The van der Waals surface area contributed by atoms with Gasteiger partial charge in [-0.1, -0.05) is 84.9 Å². The fraction of sp³-hybridized carbons (Fsp3) is 0.280. The Morgan fingerprint density at radius 1 is 0.621 bits per heavy atom. The second kappa shape index (κ2) is 10.9. The Labute approximate surface area is 173 Å². The summed E-state index contributed by atoms with van der Waals surface area (Å²) in [5, 5.41) is 0. The molecule has 3 aromatic carbocycles. The monoisotopic (exact) mass is 390 g/mol. The zero-order valence-corrected chi connectivity index (χ0v) is 16.8. The molecule has 152 valence electrons. The maximum absolute atomic E-state index is 7.18. The Kier molecular flexibility index (Phi) is 7.96. The third-order valence-electron chi connectivity index (χ3n) is 5.05. The van der Waals surface area contributed by atoms with Crippen LogP contribution in [0, 0.1) is 0 Å². The van der Waals surface area contributed by atoms with Crippen molar-refractivity contribution < 1.29 is 9.47 Å². The SMILES string of the molecule is NCCOCCOCCc1ccccc1C(N)(c1ccccc1)c1ccccc1. The summed E-state index contributed by atoms with van der Waals surface area (Å²) in [7, 11) is 0. The molecule has 29 heavy (non-hydrogen) atoms. The van der Waals surface area contributed by atoms with E-state index in [-0.39, 0.29) is 0 Å². The van der Waals surface area contributed by atoms with Gasteiger partial charge in [0.05, 0.1) is 32.0 Å². The van der Waals surface area contributed by atoms with Gasteiger partial charge in [-0.25, -0.2) is 0 Å². The smallest absolute Gasteiger partial charge is 0.0925 e. The third-order valence-corrected chi connectivity index (χ3v) is 5.05. The van der Waals surface area contributed by atoms with E-state index < -0.39 is 5.54 Å². The molecule has 0 unspecified atom stereocenters. The Morgan fingerprint density at radius 2 is 1.14 bits per heavy atom. The van der Waals surface area contributed by atoms with Crippen molar-refractivity contribution in [2.24, 2.45) is 11.5 Å². The van der Waals surface area contributed by atoms with E-state index in [9.17, 15) is 0 Å². The molecule has 4 nitrogen and oxygen atoms in total. The first-order valence-electron chi connectivity index (χ1n) is 10.1. The Morgan fingerprint density at radius 3 is 1.72 bits per heavy atom. The van der Waals surface area contributed by atoms with Crippen LogP contribution in [0.25, 0.3) is 0 Å². The molecule has 0 bridgehead atoms. The molecule has 4 heteroatoms. The lowest BCUT2D eigenvalue weighted by atomic mass is 9.76. The van der Waals surface area contributed by atoms with Gasteiger partial charge in [-0.3, -0.25) is 0 Å². The van der Waals surface area contributed by atoms with Crippen LogP contribution in [0.15, 0.2) is 84.9 Å². The van der Waals surface area contributed by atoms with E-state index in [1.54, 1.807) is 0 Å². The molecule has 0 saturated carbocycles. The zero-order valence-electron chi connectivity index (χ0n) is 16.8. The van der Waals surface area contributed by atoms with E-state index >= 15 is 0 Å². The largest absolute Gasteiger partial charge is 0.379 e. The van der Waals surface area contributed by atoms with Gasteiger partial charge in [0.25, 0.3) is 0 Å². The molecule has 3 rings (SSSR count). The Balaban J connectivity index is 1.84. The number of rotatable bonds is 11. The minimum atomic E-state index is -0.733. The van der Waals surface area contributed by atoms with Gasteiger partial charge in [-0.05, 0) is 28.7 Å². The highest BCUT2D eigenvalue weighted by Crippen LogP contribution is 2.36. The van der Waals surface area contributed by atoms with E-state index in [1.165, 1.54) is 5.56 Å². The summed E-state index contributed by atoms with van der Waals surface area (Å²) in [4.78, 5) is 0. The number of ether oxygens (including phenoxy) is 2. The van der Waals surface area contributed by atoms with Gasteiger partial charge in [0.1, 0.15) is 0 Å². The highest BCUT2D eigenvalue weighted by atomic mass is 16.5. The lowest BCUT2D eigenvalue weighted by Gasteiger charge is -2.33. The predicted molar refractivity (Wildman–Crippen MR) is 118 cm³/mol. The second-order valence-corrected chi connectivity index (χ2v) is 6.96. The van der Waals surface area contributed by atoms with Crippen LogP contribution in [-0.2, 0) is 21.4 Å². The predicted octanol–water partition coefficient (Wildman–Crippen LogP) is 3.47. The first-order valence-corrected chi connectivity index (χ1v) is 10.1. The molecule has 0 spiro atoms. The number of benzene rings is 3. The highest BCUT2D eigenvalue weighted by Gasteiger charge is 2.33. The van der Waals surface area contributed by atoms with Crippen LogP contribution >= 0.6 is 0 Å². The van der Waals surface area contributed by atoms with Gasteiger partial charge < -0.3 is 20.9 Å². The van der Waals surface area contributed by atoms with Crippen molar-refractivity contribution in [1.29, 1.82) is 0 Å². The van der Waals surface area contributed by atoms with Gasteiger partial charge in [0.2, 0.25) is 0 Å². The van der Waals surface area contributed by atoms with E-state index in [1.807, 2.05) is 42.5 Å². The third kappa shape index (κ3) is 5.31. The van der Waals surface area contributed by atoms with Crippen LogP contribution in [-0.4, -0.2) is 33.0 Å². The summed E-state index contributed by atoms with van der Waals surface area (Å²) < 4.78 is 11.1. The molecule has 0 saturated heterocycles. The molecule has 0 fully saturated rings. The van der Waals surface area contributed by atoms with E-state index in [4.69, 9.17) is 20.9 Å². The minimum Gasteiger partial charge on any atom is -0.379 e. The van der Waals surface area contributed by atoms with Gasteiger partial charge in [0, 0.05) is 6.54 Å². The summed E-state index contributed by atoms with van der Waals surface area (Å²) in [6.45, 7) is 2.84. The Bertz CT molecular complexity index is 813. The van der Waals surface area contributed by atoms with Crippen LogP contribution in [0.3, 0.4) is 0 Å². The van der Waals surface area contributed by atoms with Crippen molar-refractivity contribution in [2.45, 2.75) is 12.0 Å². The summed E-state index contributed by atoms with van der Waals surface area (Å²) in [6, 6.07) is 28.9. The van der Waals surface area contributed by atoms with Crippen LogP contribution < -0.4 is 11.5 Å². The lowest BCUT2D eigenvalue weighted by molar-refractivity contribution is 0.0519. The average molecular weight is 391 g/mol. The molecule has 0 aliphatic rings. The van der Waals surface area contributed by atoms with Gasteiger partial charge in [-0.2, -0.15) is 0 Å². The fourth-order valence-electron chi connectivity index (χ4n) is 3.59. The van der Waals surface area contributed by atoms with E-state index in [0.29, 0.717) is 33.0 Å². The Hall–Kier alpha value is -2.50. The molecule has 0 amide bonds. The van der Waals surface area contributed by atoms with Crippen molar-refractivity contribution in [2.75, 3.05) is 33.0 Å². The van der Waals surface area contributed by atoms with E-state index in [0.717, 1.165) is 23.1 Å². The standard InChI is InChI=1S/C25H30N2O2/c26-16-18-29-20-19-28-17-15-21-9-7-8-14-24(21)25(27,22-10-3-1-4-11-22)23-12-5-2-6-13-23/h1-14H,15-20,26-27H2. The van der Waals surface area contributed by atoms with Crippen LogP contribution in [0.5, 0.6) is 0 Å². The molecule has 0 aromatic heterocycles. The van der Waals surface area contributed by atoms with Crippen molar-refractivity contribution >= 4 is 0 Å². The van der Waals surface area contributed by atoms with Crippen molar-refractivity contribution in [1.82, 2.24) is 0 Å². The lowest BCUT2D eigenvalue weighted by Crippen LogP contribution is -2.40. The number of hydrogen-bond acceptors (Lipinski definition) is 4. The van der Waals surface area contributed by atoms with Crippen molar-refractivity contribution in [3.05, 3.63) is 107 Å². The molecule has 0 heterocycles. The quantitative estimate of drug-likeness (QED) is 0.388. The van der Waals surface area contributed by atoms with Crippen LogP contribution in [0.4, 0.5) is 0 Å². The topological polar surface area (TPSA) is 70.5 Å². The zero-order chi connectivity index (χ0) is 20.4. The first-order chi connectivity index (χ1) is 14.3. The molecule has 0 aliphatic heterocycles. The molecule has 0 aliphatic carbocycles. The normalized spacial score (nSPS) is 11.5. The maximum atomic E-state index is 7.18. The molecule has 0 atom stereocenters. The highest BCUT2D eigenvalue weighted by molar-refractivity contribution is 5.51. The second-order valence-electron chi connectivity index (χ2n) is 6.96. The van der Waals surface area contributed by atoms with Crippen molar-refractivity contribution in [3.63, 3.8) is 0 Å². The van der Waals surface area contributed by atoms with Crippen LogP contribution in [0.2, 0.25) is 0 Å². The summed E-state index contributed by atoms with van der Waals surface area (Å²) in [6.07, 6.45) is 0.783. The summed E-state index contributed by atoms with van der Waals surface area (Å²) in [5.74, 6) is 0. The number of nitrogens with two attached hydrogens (primary N) is 2.